The molecular formula is C13H16ClN2O3. The van der Waals surface area contributed by atoms with E-state index in [2.05, 4.69) is 0 Å². The molecule has 2 rings (SSSR count). The summed E-state index contributed by atoms with van der Waals surface area (Å²) in [6.45, 7) is 7.04. The van der Waals surface area contributed by atoms with Crippen LogP contribution in [0.2, 0.25) is 0 Å². The Morgan fingerprint density at radius 3 is 2.16 bits per heavy atom. The maximum atomic E-state index is 12.4. The summed E-state index contributed by atoms with van der Waals surface area (Å²) in [5.74, 6) is -0.221. The molecule has 103 valence electrons. The number of carbonyl (C=O) groups is 1. The highest BCUT2D eigenvalue weighted by Crippen LogP contribution is 2.45. The largest absolute Gasteiger partial charge is 0.288 e. The summed E-state index contributed by atoms with van der Waals surface area (Å²) in [7, 11) is 0. The third kappa shape index (κ3) is 1.81. The minimum absolute atomic E-state index is 0.0225. The number of allylic oxidation sites excluding steroid dienone is 5. The number of hydrogen-bond donors (Lipinski definition) is 1. The fourth-order valence-corrected chi connectivity index (χ4v) is 2.18. The van der Waals surface area contributed by atoms with Crippen molar-refractivity contribution in [2.45, 2.75) is 38.8 Å². The Morgan fingerprint density at radius 1 is 1.16 bits per heavy atom. The second-order valence-corrected chi connectivity index (χ2v) is 6.10. The van der Waals surface area contributed by atoms with Gasteiger partial charge >= 0.3 is 0 Å². The van der Waals surface area contributed by atoms with Crippen LogP contribution in [0.25, 0.3) is 0 Å². The molecule has 0 aromatic heterocycles. The topological polar surface area (TPSA) is 63.7 Å². The lowest BCUT2D eigenvalue weighted by Crippen LogP contribution is -2.52. The highest BCUT2D eigenvalue weighted by atomic mass is 35.5. The van der Waals surface area contributed by atoms with Gasteiger partial charge in [-0.15, -0.1) is 0 Å². The lowest BCUT2D eigenvalue weighted by atomic mass is 9.84. The van der Waals surface area contributed by atoms with Gasteiger partial charge in [-0.3, -0.25) is 10.0 Å². The van der Waals surface area contributed by atoms with Gasteiger partial charge in [0, 0.05) is 5.57 Å². The number of halogens is 1. The number of rotatable bonds is 0. The Balaban J connectivity index is 2.59. The lowest BCUT2D eigenvalue weighted by molar-refractivity contribution is -0.181. The Kier molecular flexibility index (Phi) is 3.04. The van der Waals surface area contributed by atoms with E-state index in [4.69, 9.17) is 11.6 Å². The van der Waals surface area contributed by atoms with Gasteiger partial charge in [0.15, 0.2) is 11.6 Å². The van der Waals surface area contributed by atoms with Crippen molar-refractivity contribution in [3.63, 3.8) is 0 Å². The first-order chi connectivity index (χ1) is 8.60. The fourth-order valence-electron chi connectivity index (χ4n) is 2.00. The molecule has 1 aliphatic heterocycles. The van der Waals surface area contributed by atoms with E-state index in [1.165, 1.54) is 18.2 Å². The third-order valence-corrected chi connectivity index (χ3v) is 4.41. The number of ketones is 1. The molecule has 1 saturated heterocycles. The van der Waals surface area contributed by atoms with Crippen LogP contribution in [0.3, 0.4) is 0 Å². The molecule has 2 aliphatic rings. The second kappa shape index (κ2) is 4.10. The van der Waals surface area contributed by atoms with Gasteiger partial charge in [-0.25, -0.2) is 5.06 Å². The summed E-state index contributed by atoms with van der Waals surface area (Å²) >= 11 is 5.78. The molecule has 0 atom stereocenters. The van der Waals surface area contributed by atoms with Crippen molar-refractivity contribution in [3.8, 4) is 0 Å². The Hall–Kier alpha value is -1.30. The predicted molar refractivity (Wildman–Crippen MR) is 69.4 cm³/mol. The van der Waals surface area contributed by atoms with Crippen molar-refractivity contribution in [3.05, 3.63) is 34.7 Å². The van der Waals surface area contributed by atoms with Crippen LogP contribution < -0.4 is 0 Å². The summed E-state index contributed by atoms with van der Waals surface area (Å²) in [6.07, 6.45) is 4.16. The predicted octanol–water partition coefficient (Wildman–Crippen LogP) is 2.37. The second-order valence-electron chi connectivity index (χ2n) is 5.69. The van der Waals surface area contributed by atoms with E-state index in [9.17, 15) is 15.2 Å². The van der Waals surface area contributed by atoms with Crippen molar-refractivity contribution in [1.82, 2.24) is 10.1 Å². The summed E-state index contributed by atoms with van der Waals surface area (Å²) in [6, 6.07) is 0. The molecule has 0 unspecified atom stereocenters. The normalized spacial score (nSPS) is 29.0. The van der Waals surface area contributed by atoms with Gasteiger partial charge in [-0.2, -0.15) is 5.06 Å². The molecular weight excluding hydrogens is 268 g/mol. The van der Waals surface area contributed by atoms with E-state index in [0.29, 0.717) is 5.57 Å². The van der Waals surface area contributed by atoms with Gasteiger partial charge < -0.3 is 0 Å². The van der Waals surface area contributed by atoms with Crippen LogP contribution in [-0.4, -0.2) is 32.2 Å². The monoisotopic (exact) mass is 283 g/mol. The summed E-state index contributed by atoms with van der Waals surface area (Å²) in [5, 5.41) is 24.4. The molecule has 0 aromatic carbocycles. The molecule has 0 saturated carbocycles. The third-order valence-electron chi connectivity index (χ3n) is 4.12. The molecule has 1 fully saturated rings. The van der Waals surface area contributed by atoms with Crippen LogP contribution in [0.5, 0.6) is 0 Å². The first kappa shape index (κ1) is 14.1. The summed E-state index contributed by atoms with van der Waals surface area (Å²) < 4.78 is 0. The molecule has 1 radical (unpaired) electrons. The molecule has 0 amide bonds. The minimum atomic E-state index is -0.820. The number of carbonyl (C=O) groups excluding carboxylic acids is 1. The van der Waals surface area contributed by atoms with Gasteiger partial charge in [0.05, 0.1) is 16.1 Å². The van der Waals surface area contributed by atoms with E-state index < -0.39 is 11.1 Å². The van der Waals surface area contributed by atoms with Crippen LogP contribution in [0.1, 0.15) is 27.7 Å². The van der Waals surface area contributed by atoms with E-state index in [1.54, 1.807) is 27.7 Å². The highest BCUT2D eigenvalue weighted by molar-refractivity contribution is 6.44. The van der Waals surface area contributed by atoms with E-state index in [0.717, 1.165) is 10.1 Å². The van der Waals surface area contributed by atoms with E-state index >= 15 is 0 Å². The minimum Gasteiger partial charge on any atom is -0.288 e. The molecule has 1 heterocycles. The summed E-state index contributed by atoms with van der Waals surface area (Å²) in [5.41, 5.74) is -1.17. The first-order valence-electron chi connectivity index (χ1n) is 5.91. The standard InChI is InChI=1S/C13H16ClN2O3/c1-12(2)13(3,4)16(19)11(15(12)18)8-5-6-10(17)9(14)7-8/h5-7,18H,1-4H3/b11-8+. The van der Waals surface area contributed by atoms with Gasteiger partial charge in [0.2, 0.25) is 0 Å². The van der Waals surface area contributed by atoms with E-state index in [1.807, 2.05) is 0 Å². The Labute approximate surface area is 117 Å². The average Bonchev–Trinajstić information content (AvgIpc) is 2.43. The van der Waals surface area contributed by atoms with Crippen molar-refractivity contribution >= 4 is 17.4 Å². The SMILES string of the molecule is CC1(C)N([O])/C(=C2\C=CC(=O)C(Cl)=C2)N(O)C1(C)C. The zero-order chi connectivity index (χ0) is 14.6. The molecule has 0 bridgehead atoms. The quantitative estimate of drug-likeness (QED) is 0.741. The van der Waals surface area contributed by atoms with Crippen molar-refractivity contribution in [2.24, 2.45) is 0 Å². The smallest absolute Gasteiger partial charge is 0.197 e. The molecule has 0 aromatic rings. The molecule has 5 nitrogen and oxygen atoms in total. The van der Waals surface area contributed by atoms with Crippen LogP contribution in [0.4, 0.5) is 0 Å². The Morgan fingerprint density at radius 2 is 1.74 bits per heavy atom. The summed E-state index contributed by atoms with van der Waals surface area (Å²) in [4.78, 5) is 11.3. The van der Waals surface area contributed by atoms with Crippen LogP contribution in [0.15, 0.2) is 34.7 Å². The lowest BCUT2D eigenvalue weighted by Gasteiger charge is -2.36. The molecule has 1 N–H and O–H groups in total. The van der Waals surface area contributed by atoms with Crippen molar-refractivity contribution in [2.75, 3.05) is 0 Å². The molecule has 0 spiro atoms. The maximum Gasteiger partial charge on any atom is 0.197 e. The number of hydrogen-bond acceptors (Lipinski definition) is 4. The highest BCUT2D eigenvalue weighted by Gasteiger charge is 2.56. The van der Waals surface area contributed by atoms with Gasteiger partial charge in [-0.1, -0.05) is 16.8 Å². The maximum absolute atomic E-state index is 12.4. The van der Waals surface area contributed by atoms with Crippen LogP contribution in [0, 0.1) is 0 Å². The Bertz CT molecular complexity index is 510. The fraction of sp³-hybridized carbons (Fsp3) is 0.462. The van der Waals surface area contributed by atoms with Crippen molar-refractivity contribution in [1.29, 1.82) is 0 Å². The molecule has 19 heavy (non-hydrogen) atoms. The number of nitrogens with zero attached hydrogens (tertiary/aromatic N) is 2. The van der Waals surface area contributed by atoms with E-state index in [-0.39, 0.29) is 16.6 Å². The van der Waals surface area contributed by atoms with Crippen molar-refractivity contribution < 1.29 is 15.2 Å². The van der Waals surface area contributed by atoms with Crippen LogP contribution in [-0.2, 0) is 10.0 Å². The zero-order valence-corrected chi connectivity index (χ0v) is 12.0. The van der Waals surface area contributed by atoms with Crippen LogP contribution >= 0.6 is 11.6 Å². The van der Waals surface area contributed by atoms with Gasteiger partial charge in [0.25, 0.3) is 0 Å². The number of hydroxylamine groups is 4. The molecule has 1 aliphatic carbocycles. The first-order valence-corrected chi connectivity index (χ1v) is 6.29. The zero-order valence-electron chi connectivity index (χ0n) is 11.3. The van der Waals surface area contributed by atoms with Gasteiger partial charge in [0.1, 0.15) is 0 Å². The average molecular weight is 284 g/mol. The van der Waals surface area contributed by atoms with Gasteiger partial charge in [-0.05, 0) is 45.9 Å². The molecule has 6 heteroatoms.